The Morgan fingerprint density at radius 1 is 1.19 bits per heavy atom. The van der Waals surface area contributed by atoms with Crippen LogP contribution in [-0.2, 0) is 6.42 Å². The van der Waals surface area contributed by atoms with Crippen molar-refractivity contribution in [1.29, 1.82) is 0 Å². The van der Waals surface area contributed by atoms with Crippen molar-refractivity contribution in [3.8, 4) is 0 Å². The number of hydrogen-bond acceptors (Lipinski definition) is 2. The van der Waals surface area contributed by atoms with Crippen LogP contribution in [0, 0.1) is 6.92 Å². The lowest BCUT2D eigenvalue weighted by atomic mass is 9.99. The minimum atomic E-state index is 0.189. The van der Waals surface area contributed by atoms with Gasteiger partial charge in [0.05, 0.1) is 0 Å². The van der Waals surface area contributed by atoms with Crippen molar-refractivity contribution < 1.29 is 0 Å². The Labute approximate surface area is 136 Å². The quantitative estimate of drug-likeness (QED) is 0.811. The molecule has 0 saturated heterocycles. The summed E-state index contributed by atoms with van der Waals surface area (Å²) in [7, 11) is 0. The molecule has 1 heterocycles. The van der Waals surface area contributed by atoms with Crippen molar-refractivity contribution in [2.45, 2.75) is 32.7 Å². The fourth-order valence-electron chi connectivity index (χ4n) is 2.23. The van der Waals surface area contributed by atoms with Gasteiger partial charge in [-0.2, -0.15) is 0 Å². The summed E-state index contributed by atoms with van der Waals surface area (Å²) in [6.07, 6.45) is 3.81. The lowest BCUT2D eigenvalue weighted by molar-refractivity contribution is 0.528. The second-order valence-electron chi connectivity index (χ2n) is 5.18. The van der Waals surface area contributed by atoms with E-state index in [4.69, 9.17) is 23.2 Å². The van der Waals surface area contributed by atoms with Crippen LogP contribution < -0.4 is 5.32 Å². The van der Waals surface area contributed by atoms with Gasteiger partial charge in [0, 0.05) is 28.0 Å². The zero-order valence-corrected chi connectivity index (χ0v) is 13.9. The molecule has 0 spiro atoms. The number of hydrogen-bond donors (Lipinski definition) is 1. The fraction of sp³-hybridized carbons (Fsp3) is 0.353. The smallest absolute Gasteiger partial charge is 0.0439 e. The Bertz CT molecular complexity index is 582. The standard InChI is InChI=1S/C17H20Cl2N2/c1-3-8-20-17(13-5-4-12(2)21-11-13)10-14-9-15(18)6-7-16(14)19/h4-7,9,11,17,20H,3,8,10H2,1-2H3. The first-order valence-corrected chi connectivity index (χ1v) is 7.95. The summed E-state index contributed by atoms with van der Waals surface area (Å²) in [5.41, 5.74) is 3.25. The third-order valence-corrected chi connectivity index (χ3v) is 4.01. The normalized spacial score (nSPS) is 12.4. The molecule has 1 unspecified atom stereocenters. The second-order valence-corrected chi connectivity index (χ2v) is 6.02. The maximum absolute atomic E-state index is 6.28. The molecular weight excluding hydrogens is 303 g/mol. The first-order valence-electron chi connectivity index (χ1n) is 7.20. The van der Waals surface area contributed by atoms with E-state index in [2.05, 4.69) is 23.3 Å². The molecule has 4 heteroatoms. The molecule has 0 aliphatic carbocycles. The van der Waals surface area contributed by atoms with Crippen molar-refractivity contribution in [1.82, 2.24) is 10.3 Å². The molecule has 21 heavy (non-hydrogen) atoms. The van der Waals surface area contributed by atoms with Gasteiger partial charge >= 0.3 is 0 Å². The zero-order chi connectivity index (χ0) is 15.2. The van der Waals surface area contributed by atoms with Crippen LogP contribution in [-0.4, -0.2) is 11.5 Å². The van der Waals surface area contributed by atoms with Crippen molar-refractivity contribution in [3.05, 3.63) is 63.4 Å². The Morgan fingerprint density at radius 3 is 2.67 bits per heavy atom. The molecule has 112 valence electrons. The van der Waals surface area contributed by atoms with Crippen molar-refractivity contribution in [2.75, 3.05) is 6.54 Å². The Morgan fingerprint density at radius 2 is 2.00 bits per heavy atom. The molecule has 1 aromatic carbocycles. The van der Waals surface area contributed by atoms with Gasteiger partial charge in [0.2, 0.25) is 0 Å². The maximum Gasteiger partial charge on any atom is 0.0439 e. The highest BCUT2D eigenvalue weighted by atomic mass is 35.5. The number of nitrogens with one attached hydrogen (secondary N) is 1. The van der Waals surface area contributed by atoms with Crippen LogP contribution >= 0.6 is 23.2 Å². The highest BCUT2D eigenvalue weighted by Gasteiger charge is 2.14. The number of pyridine rings is 1. The summed E-state index contributed by atoms with van der Waals surface area (Å²) in [5.74, 6) is 0. The van der Waals surface area contributed by atoms with E-state index in [-0.39, 0.29) is 6.04 Å². The molecule has 2 rings (SSSR count). The van der Waals surface area contributed by atoms with E-state index >= 15 is 0 Å². The molecule has 2 nitrogen and oxygen atoms in total. The highest BCUT2D eigenvalue weighted by molar-refractivity contribution is 6.33. The molecule has 0 amide bonds. The molecule has 1 aromatic heterocycles. The van der Waals surface area contributed by atoms with Gasteiger partial charge in [0.1, 0.15) is 0 Å². The predicted molar refractivity (Wildman–Crippen MR) is 90.2 cm³/mol. The minimum Gasteiger partial charge on any atom is -0.310 e. The van der Waals surface area contributed by atoms with Gasteiger partial charge < -0.3 is 5.32 Å². The van der Waals surface area contributed by atoms with E-state index in [9.17, 15) is 0 Å². The molecule has 0 bridgehead atoms. The fourth-order valence-corrected chi connectivity index (χ4v) is 2.62. The summed E-state index contributed by atoms with van der Waals surface area (Å²) in [6, 6.07) is 9.95. The molecule has 0 aliphatic heterocycles. The molecular formula is C17H20Cl2N2. The van der Waals surface area contributed by atoms with Gasteiger partial charge in [-0.3, -0.25) is 4.98 Å². The van der Waals surface area contributed by atoms with Gasteiger partial charge in [-0.25, -0.2) is 0 Å². The molecule has 1 N–H and O–H groups in total. The number of aryl methyl sites for hydroxylation is 1. The minimum absolute atomic E-state index is 0.189. The Kier molecular flexibility index (Phi) is 6.04. The number of benzene rings is 1. The number of nitrogens with zero attached hydrogens (tertiary/aromatic N) is 1. The van der Waals surface area contributed by atoms with E-state index in [1.54, 1.807) is 0 Å². The van der Waals surface area contributed by atoms with Crippen LogP contribution in [0.2, 0.25) is 10.0 Å². The summed E-state index contributed by atoms with van der Waals surface area (Å²) in [5, 5.41) is 5.02. The van der Waals surface area contributed by atoms with Gasteiger partial charge in [0.25, 0.3) is 0 Å². The third kappa shape index (κ3) is 4.70. The first-order chi connectivity index (χ1) is 10.1. The van der Waals surface area contributed by atoms with Crippen molar-refractivity contribution in [3.63, 3.8) is 0 Å². The number of aromatic nitrogens is 1. The van der Waals surface area contributed by atoms with Crippen LogP contribution in [0.3, 0.4) is 0 Å². The monoisotopic (exact) mass is 322 g/mol. The van der Waals surface area contributed by atoms with E-state index < -0.39 is 0 Å². The first kappa shape index (κ1) is 16.3. The Hall–Kier alpha value is -1.09. The summed E-state index contributed by atoms with van der Waals surface area (Å²) in [4.78, 5) is 4.39. The zero-order valence-electron chi connectivity index (χ0n) is 12.4. The predicted octanol–water partition coefficient (Wildman–Crippen LogP) is 4.98. The molecule has 2 aromatic rings. The van der Waals surface area contributed by atoms with E-state index in [1.807, 2.05) is 37.4 Å². The SMILES string of the molecule is CCCNC(Cc1cc(Cl)ccc1Cl)c1ccc(C)nc1. The van der Waals surface area contributed by atoms with Crippen molar-refractivity contribution >= 4 is 23.2 Å². The largest absolute Gasteiger partial charge is 0.310 e. The van der Waals surface area contributed by atoms with Crippen molar-refractivity contribution in [2.24, 2.45) is 0 Å². The summed E-state index contributed by atoms with van der Waals surface area (Å²) >= 11 is 12.4. The van der Waals surface area contributed by atoms with Crippen LogP contribution in [0.1, 0.15) is 36.2 Å². The summed E-state index contributed by atoms with van der Waals surface area (Å²) in [6.45, 7) is 5.10. The van der Waals surface area contributed by atoms with Gasteiger partial charge in [-0.1, -0.05) is 36.2 Å². The van der Waals surface area contributed by atoms with Crippen LogP contribution in [0.4, 0.5) is 0 Å². The number of rotatable bonds is 6. The third-order valence-electron chi connectivity index (χ3n) is 3.41. The van der Waals surface area contributed by atoms with E-state index in [0.717, 1.165) is 35.7 Å². The molecule has 0 aliphatic rings. The lowest BCUT2D eigenvalue weighted by Gasteiger charge is -2.20. The highest BCUT2D eigenvalue weighted by Crippen LogP contribution is 2.26. The van der Waals surface area contributed by atoms with E-state index in [0.29, 0.717) is 5.02 Å². The van der Waals surface area contributed by atoms with Crippen LogP contribution in [0.25, 0.3) is 0 Å². The lowest BCUT2D eigenvalue weighted by Crippen LogP contribution is -2.24. The van der Waals surface area contributed by atoms with Crippen LogP contribution in [0.15, 0.2) is 36.5 Å². The Balaban J connectivity index is 2.23. The molecule has 0 fully saturated rings. The average Bonchev–Trinajstić information content (AvgIpc) is 2.48. The molecule has 0 radical (unpaired) electrons. The topological polar surface area (TPSA) is 24.9 Å². The molecule has 0 saturated carbocycles. The molecule has 1 atom stereocenters. The average molecular weight is 323 g/mol. The van der Waals surface area contributed by atoms with E-state index in [1.165, 1.54) is 5.56 Å². The second kappa shape index (κ2) is 7.79. The number of halogens is 2. The summed E-state index contributed by atoms with van der Waals surface area (Å²) < 4.78 is 0. The van der Waals surface area contributed by atoms with Crippen LogP contribution in [0.5, 0.6) is 0 Å². The van der Waals surface area contributed by atoms with Gasteiger partial charge in [0.15, 0.2) is 0 Å². The van der Waals surface area contributed by atoms with Gasteiger partial charge in [-0.05, 0) is 61.7 Å². The maximum atomic E-state index is 6.28. The van der Waals surface area contributed by atoms with Gasteiger partial charge in [-0.15, -0.1) is 0 Å².